The molecule has 0 aliphatic carbocycles. The van der Waals surface area contributed by atoms with Gasteiger partial charge in [-0.05, 0) is 49.4 Å². The van der Waals surface area contributed by atoms with Crippen molar-refractivity contribution in [2.75, 3.05) is 11.9 Å². The number of hydrogen-bond acceptors (Lipinski definition) is 7. The Hall–Kier alpha value is -3.59. The average molecular weight is 407 g/mol. The van der Waals surface area contributed by atoms with Gasteiger partial charge >= 0.3 is 0 Å². The number of carbonyl (C=O) groups excluding carboxylic acids is 1. The Labute approximate surface area is 170 Å². The van der Waals surface area contributed by atoms with E-state index in [1.54, 1.807) is 18.2 Å². The first kappa shape index (κ1) is 18.8. The Morgan fingerprint density at radius 1 is 1.10 bits per heavy atom. The van der Waals surface area contributed by atoms with Crippen LogP contribution in [0.25, 0.3) is 22.3 Å². The molecule has 0 saturated heterocycles. The molecule has 0 fully saturated rings. The van der Waals surface area contributed by atoms with Crippen molar-refractivity contribution in [3.63, 3.8) is 0 Å². The quantitative estimate of drug-likeness (QED) is 0.528. The van der Waals surface area contributed by atoms with Gasteiger partial charge in [-0.15, -0.1) is 0 Å². The minimum atomic E-state index is -0.371. The van der Waals surface area contributed by atoms with Crippen LogP contribution < -0.4 is 15.6 Å². The molecule has 0 saturated carbocycles. The molecule has 8 nitrogen and oxygen atoms in total. The van der Waals surface area contributed by atoms with Crippen molar-refractivity contribution in [1.82, 2.24) is 18.5 Å². The molecule has 146 valence electrons. The van der Waals surface area contributed by atoms with Crippen molar-refractivity contribution in [2.24, 2.45) is 0 Å². The van der Waals surface area contributed by atoms with E-state index in [0.717, 1.165) is 27.7 Å². The summed E-state index contributed by atoms with van der Waals surface area (Å²) in [5, 5.41) is 7.11. The second-order valence-electron chi connectivity index (χ2n) is 6.16. The maximum Gasteiger partial charge on any atom is 0.267 e. The normalized spacial score (nSPS) is 10.8. The third-order valence-corrected chi connectivity index (χ3v) is 4.72. The van der Waals surface area contributed by atoms with E-state index >= 15 is 0 Å². The zero-order valence-corrected chi connectivity index (χ0v) is 16.3. The summed E-state index contributed by atoms with van der Waals surface area (Å²) in [5.41, 5.74) is 2.93. The zero-order chi connectivity index (χ0) is 20.2. The molecule has 9 heteroatoms. The fourth-order valence-electron chi connectivity index (χ4n) is 2.84. The number of benzene rings is 2. The first-order valence-corrected chi connectivity index (χ1v) is 9.69. The maximum atomic E-state index is 12.5. The van der Waals surface area contributed by atoms with Crippen molar-refractivity contribution in [3.8, 4) is 17.0 Å². The maximum absolute atomic E-state index is 12.5. The van der Waals surface area contributed by atoms with Crippen molar-refractivity contribution < 1.29 is 9.53 Å². The van der Waals surface area contributed by atoms with Crippen LogP contribution in [0.3, 0.4) is 0 Å². The van der Waals surface area contributed by atoms with Crippen molar-refractivity contribution in [2.45, 2.75) is 13.5 Å². The van der Waals surface area contributed by atoms with Crippen LogP contribution in [0, 0.1) is 0 Å². The van der Waals surface area contributed by atoms with Crippen LogP contribution in [0.1, 0.15) is 6.92 Å². The summed E-state index contributed by atoms with van der Waals surface area (Å²) in [6.07, 6.45) is 0. The molecule has 0 atom stereocenters. The molecule has 2 aromatic carbocycles. The van der Waals surface area contributed by atoms with Crippen molar-refractivity contribution >= 4 is 34.4 Å². The van der Waals surface area contributed by atoms with E-state index in [1.165, 1.54) is 6.07 Å². The summed E-state index contributed by atoms with van der Waals surface area (Å²) in [5.74, 6) is 0.388. The summed E-state index contributed by atoms with van der Waals surface area (Å²) >= 11 is 1.08. The molecule has 4 rings (SSSR count). The molecule has 0 unspecified atom stereocenters. The lowest BCUT2D eigenvalue weighted by Gasteiger charge is -2.09. The van der Waals surface area contributed by atoms with E-state index in [9.17, 15) is 9.59 Å². The molecule has 1 N–H and O–H groups in total. The highest BCUT2D eigenvalue weighted by Crippen LogP contribution is 2.21. The van der Waals surface area contributed by atoms with Gasteiger partial charge < -0.3 is 10.1 Å². The van der Waals surface area contributed by atoms with Gasteiger partial charge in [0.15, 0.2) is 0 Å². The van der Waals surface area contributed by atoms with Gasteiger partial charge in [0, 0.05) is 11.6 Å². The molecule has 0 aliphatic rings. The molecule has 2 aromatic heterocycles. The number of nitrogens with one attached hydrogen (secondary N) is 1. The summed E-state index contributed by atoms with van der Waals surface area (Å²) in [4.78, 5) is 24.7. The molecular weight excluding hydrogens is 390 g/mol. The molecule has 0 bridgehead atoms. The number of anilines is 1. The Morgan fingerprint density at radius 3 is 2.72 bits per heavy atom. The number of rotatable bonds is 6. The first-order valence-electron chi connectivity index (χ1n) is 8.96. The van der Waals surface area contributed by atoms with Gasteiger partial charge in [-0.3, -0.25) is 9.59 Å². The Kier molecular flexibility index (Phi) is 5.30. The number of nitrogens with zero attached hydrogens (tertiary/aromatic N) is 4. The van der Waals surface area contributed by atoms with E-state index in [1.807, 2.05) is 37.3 Å². The molecule has 0 aliphatic heterocycles. The van der Waals surface area contributed by atoms with E-state index in [0.29, 0.717) is 29.0 Å². The Bertz CT molecular complexity index is 1220. The van der Waals surface area contributed by atoms with E-state index < -0.39 is 0 Å². The molecule has 4 aromatic rings. The van der Waals surface area contributed by atoms with Crippen LogP contribution in [-0.4, -0.2) is 31.0 Å². The van der Waals surface area contributed by atoms with Crippen LogP contribution in [0.4, 0.5) is 5.69 Å². The van der Waals surface area contributed by atoms with Crippen LogP contribution in [0.5, 0.6) is 5.75 Å². The summed E-state index contributed by atoms with van der Waals surface area (Å²) in [7, 11) is 0. The third kappa shape index (κ3) is 4.14. The molecular formula is C20H17N5O3S. The minimum Gasteiger partial charge on any atom is -0.494 e. The molecule has 0 spiro atoms. The van der Waals surface area contributed by atoms with Gasteiger partial charge in [0.05, 0.1) is 29.7 Å². The highest BCUT2D eigenvalue weighted by molar-refractivity contribution is 7.00. The van der Waals surface area contributed by atoms with E-state index in [-0.39, 0.29) is 18.0 Å². The fraction of sp³-hybridized carbons (Fsp3) is 0.150. The number of ether oxygens (including phenoxy) is 1. The highest BCUT2D eigenvalue weighted by Gasteiger charge is 2.11. The smallest absolute Gasteiger partial charge is 0.267 e. The standard InChI is InChI=1S/C20H17N5O3S/c1-2-28-14-8-6-13(7-9-14)15-10-11-19(27)25(22-15)12-18(26)21-16-4-3-5-17-20(16)24-29-23-17/h3-11H,2,12H2,1H3,(H,21,26). The van der Waals surface area contributed by atoms with Crippen LogP contribution in [0.15, 0.2) is 59.4 Å². The lowest BCUT2D eigenvalue weighted by molar-refractivity contribution is -0.117. The third-order valence-electron chi connectivity index (χ3n) is 4.18. The lowest BCUT2D eigenvalue weighted by Crippen LogP contribution is -2.29. The molecule has 0 radical (unpaired) electrons. The highest BCUT2D eigenvalue weighted by atomic mass is 32.1. The number of aromatic nitrogens is 4. The monoisotopic (exact) mass is 407 g/mol. The number of hydrogen-bond donors (Lipinski definition) is 1. The summed E-state index contributed by atoms with van der Waals surface area (Å²) < 4.78 is 14.9. The van der Waals surface area contributed by atoms with Crippen LogP contribution in [-0.2, 0) is 11.3 Å². The number of fused-ring (bicyclic) bond motifs is 1. The van der Waals surface area contributed by atoms with Gasteiger partial charge in [0.1, 0.15) is 23.3 Å². The predicted octanol–water partition coefficient (Wildman–Crippen LogP) is 2.95. The van der Waals surface area contributed by atoms with Gasteiger partial charge in [0.2, 0.25) is 5.91 Å². The average Bonchev–Trinajstić information content (AvgIpc) is 3.20. The minimum absolute atomic E-state index is 0.211. The second-order valence-corrected chi connectivity index (χ2v) is 6.69. The topological polar surface area (TPSA) is 99.0 Å². The second kappa shape index (κ2) is 8.19. The van der Waals surface area contributed by atoms with E-state index in [2.05, 4.69) is 19.2 Å². The predicted molar refractivity (Wildman–Crippen MR) is 111 cm³/mol. The first-order chi connectivity index (χ1) is 14.1. The largest absolute Gasteiger partial charge is 0.494 e. The number of carbonyl (C=O) groups is 1. The molecule has 1 amide bonds. The molecule has 2 heterocycles. The fourth-order valence-corrected chi connectivity index (χ4v) is 3.39. The molecule has 29 heavy (non-hydrogen) atoms. The van der Waals surface area contributed by atoms with Crippen LogP contribution >= 0.6 is 11.7 Å². The Morgan fingerprint density at radius 2 is 1.93 bits per heavy atom. The van der Waals surface area contributed by atoms with Gasteiger partial charge in [-0.25, -0.2) is 4.68 Å². The summed E-state index contributed by atoms with van der Waals surface area (Å²) in [6, 6.07) is 15.8. The zero-order valence-electron chi connectivity index (χ0n) is 15.5. The van der Waals surface area contributed by atoms with Gasteiger partial charge in [-0.2, -0.15) is 13.8 Å². The van der Waals surface area contributed by atoms with E-state index in [4.69, 9.17) is 4.74 Å². The van der Waals surface area contributed by atoms with Crippen molar-refractivity contribution in [1.29, 1.82) is 0 Å². The van der Waals surface area contributed by atoms with Gasteiger partial charge in [0.25, 0.3) is 5.56 Å². The SMILES string of the molecule is CCOc1ccc(-c2ccc(=O)n(CC(=O)Nc3cccc4nsnc34)n2)cc1. The number of amides is 1. The lowest BCUT2D eigenvalue weighted by atomic mass is 10.1. The van der Waals surface area contributed by atoms with Gasteiger partial charge in [-0.1, -0.05) is 6.07 Å². The van der Waals surface area contributed by atoms with Crippen LogP contribution in [0.2, 0.25) is 0 Å². The Balaban J connectivity index is 1.54. The summed E-state index contributed by atoms with van der Waals surface area (Å²) in [6.45, 7) is 2.29. The van der Waals surface area contributed by atoms with Crippen molar-refractivity contribution in [3.05, 3.63) is 65.0 Å².